The molecule has 2 amide bonds. The van der Waals surface area contributed by atoms with Gasteiger partial charge in [0.15, 0.2) is 0 Å². The zero-order valence-electron chi connectivity index (χ0n) is 23.5. The third-order valence-electron chi connectivity index (χ3n) is 9.02. The molecule has 0 saturated carbocycles. The van der Waals surface area contributed by atoms with Gasteiger partial charge in [0.1, 0.15) is 24.2 Å². The second-order valence-corrected chi connectivity index (χ2v) is 11.1. The van der Waals surface area contributed by atoms with Crippen LogP contribution >= 0.6 is 0 Å². The van der Waals surface area contributed by atoms with Crippen LogP contribution in [0.25, 0.3) is 0 Å². The molecule has 0 radical (unpaired) electrons. The number of nitrogens with zero attached hydrogens (tertiary/aromatic N) is 2. The average molecular weight is 559 g/mol. The molecule has 8 heteroatoms. The van der Waals surface area contributed by atoms with Gasteiger partial charge in [-0.2, -0.15) is 0 Å². The largest absolute Gasteiger partial charge is 0.461 e. The molecule has 0 aromatic heterocycles. The first-order valence-corrected chi connectivity index (χ1v) is 14.3. The number of carbonyl (C=O) groups is 3. The van der Waals surface area contributed by atoms with E-state index in [0.717, 1.165) is 5.56 Å². The average Bonchev–Trinajstić information content (AvgIpc) is 3.61. The molecule has 2 unspecified atom stereocenters. The lowest BCUT2D eigenvalue weighted by Crippen LogP contribution is -2.57. The van der Waals surface area contributed by atoms with Gasteiger partial charge in [0, 0.05) is 13.1 Å². The number of likely N-dealkylation sites (tertiary alicyclic amines) is 1. The van der Waals surface area contributed by atoms with Crippen molar-refractivity contribution in [2.75, 3.05) is 19.8 Å². The summed E-state index contributed by atoms with van der Waals surface area (Å²) in [5.41, 5.74) is -0.517. The van der Waals surface area contributed by atoms with Crippen molar-refractivity contribution >= 4 is 17.8 Å². The van der Waals surface area contributed by atoms with Crippen molar-refractivity contribution in [1.82, 2.24) is 9.80 Å². The summed E-state index contributed by atoms with van der Waals surface area (Å²) in [6.07, 6.45) is 4.61. The van der Waals surface area contributed by atoms with E-state index < -0.39 is 47.7 Å². The Bertz CT molecular complexity index is 1300. The molecular weight excluding hydrogens is 520 g/mol. The van der Waals surface area contributed by atoms with Gasteiger partial charge in [0.05, 0.1) is 24.2 Å². The number of aliphatic hydroxyl groups is 1. The van der Waals surface area contributed by atoms with Crippen molar-refractivity contribution in [3.8, 4) is 0 Å². The van der Waals surface area contributed by atoms with Gasteiger partial charge >= 0.3 is 5.97 Å². The van der Waals surface area contributed by atoms with Crippen LogP contribution in [0.1, 0.15) is 43.4 Å². The fraction of sp³-hybridized carbons (Fsp3) is 0.424. The fourth-order valence-electron chi connectivity index (χ4n) is 7.26. The van der Waals surface area contributed by atoms with Crippen LogP contribution in [0.4, 0.5) is 0 Å². The normalized spacial score (nSPS) is 28.7. The summed E-state index contributed by atoms with van der Waals surface area (Å²) in [5, 5.41) is 10.7. The minimum atomic E-state index is -1.24. The van der Waals surface area contributed by atoms with E-state index in [1.807, 2.05) is 67.6 Å². The molecule has 2 bridgehead atoms. The van der Waals surface area contributed by atoms with E-state index in [1.165, 1.54) is 11.0 Å². The molecule has 2 aromatic rings. The van der Waals surface area contributed by atoms with Gasteiger partial charge in [-0.3, -0.25) is 14.4 Å². The first-order chi connectivity index (χ1) is 19.9. The monoisotopic (exact) mass is 558 g/mol. The summed E-state index contributed by atoms with van der Waals surface area (Å²) < 4.78 is 12.3. The SMILES string of the molecule is C=CCOC(=O)[C@H]1[C@H]2C(=O)N([C@H](CO)c3ccccc3)C(C(=O)N(CC=C)Cc3ccccc3)C23CC[C@]1(CC)O3. The van der Waals surface area contributed by atoms with Crippen LogP contribution in [0.2, 0.25) is 0 Å². The van der Waals surface area contributed by atoms with Gasteiger partial charge in [-0.25, -0.2) is 0 Å². The fourth-order valence-corrected chi connectivity index (χ4v) is 7.26. The zero-order valence-corrected chi connectivity index (χ0v) is 23.5. The van der Waals surface area contributed by atoms with E-state index in [-0.39, 0.29) is 25.0 Å². The highest BCUT2D eigenvalue weighted by molar-refractivity contribution is 5.99. The maximum absolute atomic E-state index is 14.7. The molecule has 3 fully saturated rings. The summed E-state index contributed by atoms with van der Waals surface area (Å²) in [4.78, 5) is 46.0. The molecule has 3 aliphatic heterocycles. The third kappa shape index (κ3) is 4.69. The Kier molecular flexibility index (Phi) is 8.16. The third-order valence-corrected chi connectivity index (χ3v) is 9.02. The summed E-state index contributed by atoms with van der Waals surface area (Å²) in [6.45, 7) is 9.63. The second kappa shape index (κ2) is 11.6. The lowest BCUT2D eigenvalue weighted by Gasteiger charge is -2.39. The standard InChI is InChI=1S/C33H38N2O6/c1-4-19-34(21-23-13-9-7-10-14-23)30(38)28-33-18-17-32(6-3,41-33)27(31(39)40-20-5-2)26(33)29(37)35(28)25(22-36)24-15-11-8-12-16-24/h4-5,7-16,25-28,36H,1-2,6,17-22H2,3H3/t25-,26+,27-,28?,32+,33?/m1/s1. The molecule has 216 valence electrons. The van der Waals surface area contributed by atoms with Crippen LogP contribution in [0, 0.1) is 11.8 Å². The summed E-state index contributed by atoms with van der Waals surface area (Å²) >= 11 is 0. The lowest BCUT2D eigenvalue weighted by atomic mass is 9.65. The predicted molar refractivity (Wildman–Crippen MR) is 153 cm³/mol. The molecule has 3 heterocycles. The summed E-state index contributed by atoms with van der Waals surface area (Å²) in [5.74, 6) is -2.98. The summed E-state index contributed by atoms with van der Waals surface area (Å²) in [7, 11) is 0. The van der Waals surface area contributed by atoms with Crippen molar-refractivity contribution in [2.45, 2.75) is 56.0 Å². The van der Waals surface area contributed by atoms with Crippen molar-refractivity contribution in [3.05, 3.63) is 97.1 Å². The van der Waals surface area contributed by atoms with Gasteiger partial charge in [0.25, 0.3) is 0 Å². The number of rotatable bonds is 12. The van der Waals surface area contributed by atoms with Crippen LogP contribution in [-0.4, -0.2) is 69.7 Å². The van der Waals surface area contributed by atoms with Gasteiger partial charge in [-0.05, 0) is 30.4 Å². The van der Waals surface area contributed by atoms with Gasteiger partial charge in [-0.15, -0.1) is 6.58 Å². The van der Waals surface area contributed by atoms with Crippen LogP contribution in [0.3, 0.4) is 0 Å². The van der Waals surface area contributed by atoms with E-state index in [1.54, 1.807) is 11.0 Å². The molecule has 1 spiro atoms. The van der Waals surface area contributed by atoms with Crippen LogP contribution < -0.4 is 0 Å². The summed E-state index contributed by atoms with van der Waals surface area (Å²) in [6, 6.07) is 16.9. The van der Waals surface area contributed by atoms with E-state index in [9.17, 15) is 19.5 Å². The zero-order chi connectivity index (χ0) is 29.2. The minimum Gasteiger partial charge on any atom is -0.461 e. The minimum absolute atomic E-state index is 0.0164. The highest BCUT2D eigenvalue weighted by Crippen LogP contribution is 2.65. The number of hydrogen-bond donors (Lipinski definition) is 1. The number of hydrogen-bond acceptors (Lipinski definition) is 6. The van der Waals surface area contributed by atoms with Crippen LogP contribution in [-0.2, 0) is 30.4 Å². The Morgan fingerprint density at radius 1 is 1.12 bits per heavy atom. The first kappa shape index (κ1) is 28.8. The Labute approximate surface area is 241 Å². The van der Waals surface area contributed by atoms with Crippen molar-refractivity contribution < 1.29 is 29.0 Å². The maximum atomic E-state index is 14.7. The van der Waals surface area contributed by atoms with E-state index in [4.69, 9.17) is 9.47 Å². The van der Waals surface area contributed by atoms with Gasteiger partial charge in [-0.1, -0.05) is 86.3 Å². The Morgan fingerprint density at radius 2 is 1.80 bits per heavy atom. The quantitative estimate of drug-likeness (QED) is 0.314. The molecule has 0 aliphatic carbocycles. The molecule has 6 atom stereocenters. The number of ether oxygens (including phenoxy) is 2. The van der Waals surface area contributed by atoms with Gasteiger partial charge < -0.3 is 24.4 Å². The molecule has 8 nitrogen and oxygen atoms in total. The van der Waals surface area contributed by atoms with Crippen molar-refractivity contribution in [1.29, 1.82) is 0 Å². The number of aliphatic hydroxyl groups excluding tert-OH is 1. The highest BCUT2D eigenvalue weighted by Gasteiger charge is 2.79. The molecular formula is C33H38N2O6. The van der Waals surface area contributed by atoms with Crippen LogP contribution in [0.15, 0.2) is 86.0 Å². The number of carbonyl (C=O) groups excluding carboxylic acids is 3. The molecule has 41 heavy (non-hydrogen) atoms. The van der Waals surface area contributed by atoms with Crippen molar-refractivity contribution in [2.24, 2.45) is 11.8 Å². The van der Waals surface area contributed by atoms with E-state index in [2.05, 4.69) is 13.2 Å². The molecule has 3 saturated heterocycles. The first-order valence-electron chi connectivity index (χ1n) is 14.3. The van der Waals surface area contributed by atoms with E-state index >= 15 is 0 Å². The number of amides is 2. The van der Waals surface area contributed by atoms with Crippen LogP contribution in [0.5, 0.6) is 0 Å². The number of fused-ring (bicyclic) bond motifs is 1. The molecule has 5 rings (SSSR count). The highest BCUT2D eigenvalue weighted by atomic mass is 16.6. The molecule has 2 aromatic carbocycles. The second-order valence-electron chi connectivity index (χ2n) is 11.1. The Hall–Kier alpha value is -3.75. The predicted octanol–water partition coefficient (Wildman–Crippen LogP) is 3.82. The topological polar surface area (TPSA) is 96.4 Å². The van der Waals surface area contributed by atoms with Gasteiger partial charge in [0.2, 0.25) is 11.8 Å². The lowest BCUT2D eigenvalue weighted by molar-refractivity contribution is -0.163. The molecule has 3 aliphatic rings. The smallest absolute Gasteiger partial charge is 0.313 e. The Balaban J connectivity index is 1.63. The number of benzene rings is 2. The molecule has 1 N–H and O–H groups in total. The van der Waals surface area contributed by atoms with Crippen molar-refractivity contribution in [3.63, 3.8) is 0 Å². The Morgan fingerprint density at radius 3 is 2.41 bits per heavy atom. The number of esters is 1. The maximum Gasteiger partial charge on any atom is 0.313 e. The van der Waals surface area contributed by atoms with E-state index in [0.29, 0.717) is 31.4 Å².